The summed E-state index contributed by atoms with van der Waals surface area (Å²) in [6.45, 7) is 0. The van der Waals surface area contributed by atoms with E-state index in [0.29, 0.717) is 17.7 Å². The van der Waals surface area contributed by atoms with Crippen molar-refractivity contribution in [2.75, 3.05) is 0 Å². The third-order valence-corrected chi connectivity index (χ3v) is 4.92. The van der Waals surface area contributed by atoms with Gasteiger partial charge < -0.3 is 5.11 Å². The van der Waals surface area contributed by atoms with Gasteiger partial charge in [0.15, 0.2) is 5.78 Å². The van der Waals surface area contributed by atoms with Crippen LogP contribution in [0.2, 0.25) is 0 Å². The number of aryl methyl sites for hydroxylation is 1. The minimum atomic E-state index is -1.40. The number of carbonyl (C=O) groups excluding carboxylic acids is 2. The lowest BCUT2D eigenvalue weighted by Gasteiger charge is -2.07. The first kappa shape index (κ1) is 15.5. The number of carbonyl (C=O) groups is 3. The highest BCUT2D eigenvalue weighted by Crippen LogP contribution is 2.34. The molecule has 0 atom stereocenters. The Morgan fingerprint density at radius 3 is 2.65 bits per heavy atom. The fraction of sp³-hybridized carbons (Fsp3) is 0.167. The molecule has 4 nitrogen and oxygen atoms in total. The lowest BCUT2D eigenvalue weighted by Crippen LogP contribution is -2.13. The van der Waals surface area contributed by atoms with Gasteiger partial charge in [0.2, 0.25) is 5.78 Å². The zero-order chi connectivity index (χ0) is 16.4. The summed E-state index contributed by atoms with van der Waals surface area (Å²) in [6.07, 6.45) is 0.326. The Morgan fingerprint density at radius 2 is 1.87 bits per heavy atom. The Morgan fingerprint density at radius 1 is 1.09 bits per heavy atom. The molecule has 1 aliphatic heterocycles. The van der Waals surface area contributed by atoms with Gasteiger partial charge in [-0.3, -0.25) is 9.59 Å². The van der Waals surface area contributed by atoms with Crippen molar-refractivity contribution in [3.8, 4) is 0 Å². The molecule has 1 N–H and O–H groups in total. The van der Waals surface area contributed by atoms with Crippen molar-refractivity contribution in [2.24, 2.45) is 0 Å². The number of hydrogen-bond donors (Lipinski definition) is 1. The van der Waals surface area contributed by atoms with Crippen molar-refractivity contribution in [2.45, 2.75) is 23.5 Å². The summed E-state index contributed by atoms with van der Waals surface area (Å²) in [7, 11) is 0. The van der Waals surface area contributed by atoms with E-state index in [-0.39, 0.29) is 12.2 Å². The van der Waals surface area contributed by atoms with Crippen molar-refractivity contribution in [1.82, 2.24) is 0 Å². The van der Waals surface area contributed by atoms with E-state index in [4.69, 9.17) is 5.11 Å². The van der Waals surface area contributed by atoms with Crippen molar-refractivity contribution < 1.29 is 19.5 Å². The first-order valence-corrected chi connectivity index (χ1v) is 8.19. The Hall–Kier alpha value is -2.40. The van der Waals surface area contributed by atoms with E-state index in [1.54, 1.807) is 23.9 Å². The lowest BCUT2D eigenvalue weighted by atomic mass is 9.97. The molecule has 0 fully saturated rings. The fourth-order valence-corrected chi connectivity index (χ4v) is 3.68. The van der Waals surface area contributed by atoms with Crippen LogP contribution in [0.1, 0.15) is 33.5 Å². The maximum absolute atomic E-state index is 12.6. The lowest BCUT2D eigenvalue weighted by molar-refractivity contribution is -0.149. The molecule has 1 aliphatic rings. The molecular weight excluding hydrogens is 312 g/mol. The zero-order valence-corrected chi connectivity index (χ0v) is 13.1. The second-order valence-electron chi connectivity index (χ2n) is 5.33. The molecule has 0 spiro atoms. The summed E-state index contributed by atoms with van der Waals surface area (Å²) in [5.74, 6) is -1.48. The van der Waals surface area contributed by atoms with Gasteiger partial charge in [-0.15, -0.1) is 11.8 Å². The van der Waals surface area contributed by atoms with Crippen molar-refractivity contribution in [3.05, 3.63) is 64.7 Å². The van der Waals surface area contributed by atoms with Crippen LogP contribution in [-0.2, 0) is 21.8 Å². The number of aliphatic carboxylic acids is 1. The monoisotopic (exact) mass is 326 g/mol. The molecule has 0 bridgehead atoms. The van der Waals surface area contributed by atoms with E-state index >= 15 is 0 Å². The third kappa shape index (κ3) is 3.19. The van der Waals surface area contributed by atoms with Gasteiger partial charge in [0.25, 0.3) is 0 Å². The first-order chi connectivity index (χ1) is 11.1. The smallest absolute Gasteiger partial charge is 0.372 e. The number of thioether (sulfide) groups is 1. The number of fused-ring (bicyclic) bond motifs is 2. The second kappa shape index (κ2) is 6.38. The largest absolute Gasteiger partial charge is 0.476 e. The standard InChI is InChI=1S/C18H14O4S/c19-15(18(21)22)8-6-11-5-7-14-16(9-11)23-10-12-3-1-2-4-13(12)17(14)20/h1-5,7,9H,6,8,10H2,(H,21,22). The quantitative estimate of drug-likeness (QED) is 0.874. The van der Waals surface area contributed by atoms with Gasteiger partial charge in [-0.2, -0.15) is 0 Å². The van der Waals surface area contributed by atoms with Crippen LogP contribution in [0.5, 0.6) is 0 Å². The van der Waals surface area contributed by atoms with Crippen LogP contribution in [0, 0.1) is 0 Å². The Balaban J connectivity index is 1.86. The molecule has 0 amide bonds. The Labute approximate surface area is 137 Å². The van der Waals surface area contributed by atoms with Gasteiger partial charge in [0.05, 0.1) is 0 Å². The molecule has 5 heteroatoms. The summed E-state index contributed by atoms with van der Waals surface area (Å²) >= 11 is 1.59. The van der Waals surface area contributed by atoms with Crippen LogP contribution in [0.3, 0.4) is 0 Å². The summed E-state index contributed by atoms with van der Waals surface area (Å²) in [4.78, 5) is 35.3. The van der Waals surface area contributed by atoms with Crippen molar-refractivity contribution >= 4 is 29.3 Å². The van der Waals surface area contributed by atoms with Crippen LogP contribution in [-0.4, -0.2) is 22.6 Å². The maximum Gasteiger partial charge on any atom is 0.372 e. The molecule has 0 saturated carbocycles. The minimum absolute atomic E-state index is 0.00811. The van der Waals surface area contributed by atoms with Crippen LogP contribution >= 0.6 is 11.8 Å². The van der Waals surface area contributed by atoms with E-state index < -0.39 is 11.8 Å². The van der Waals surface area contributed by atoms with Crippen LogP contribution < -0.4 is 0 Å². The van der Waals surface area contributed by atoms with Crippen molar-refractivity contribution in [1.29, 1.82) is 0 Å². The Kier molecular flexibility index (Phi) is 4.30. The van der Waals surface area contributed by atoms with E-state index in [1.807, 2.05) is 30.3 Å². The number of ketones is 2. The number of hydrogen-bond acceptors (Lipinski definition) is 4. The second-order valence-corrected chi connectivity index (χ2v) is 6.35. The highest BCUT2D eigenvalue weighted by atomic mass is 32.2. The Bertz CT molecular complexity index is 810. The van der Waals surface area contributed by atoms with Gasteiger partial charge in [0, 0.05) is 28.2 Å². The summed E-state index contributed by atoms with van der Waals surface area (Å²) in [5.41, 5.74) is 3.27. The van der Waals surface area contributed by atoms with E-state index in [2.05, 4.69) is 0 Å². The summed E-state index contributed by atoms with van der Waals surface area (Å²) < 4.78 is 0. The first-order valence-electron chi connectivity index (χ1n) is 7.20. The summed E-state index contributed by atoms with van der Waals surface area (Å²) in [5, 5.41) is 8.63. The van der Waals surface area contributed by atoms with Gasteiger partial charge in [-0.1, -0.05) is 30.3 Å². The molecule has 3 rings (SSSR count). The molecule has 0 radical (unpaired) electrons. The normalized spacial score (nSPS) is 13.0. The van der Waals surface area contributed by atoms with Gasteiger partial charge >= 0.3 is 5.97 Å². The van der Waals surface area contributed by atoms with Gasteiger partial charge in [-0.05, 0) is 29.7 Å². The molecule has 116 valence electrons. The van der Waals surface area contributed by atoms with Crippen LogP contribution in [0.15, 0.2) is 47.4 Å². The molecule has 0 aromatic heterocycles. The minimum Gasteiger partial charge on any atom is -0.476 e. The van der Waals surface area contributed by atoms with E-state index in [1.165, 1.54) is 0 Å². The van der Waals surface area contributed by atoms with Gasteiger partial charge in [-0.25, -0.2) is 4.79 Å². The van der Waals surface area contributed by atoms with Crippen molar-refractivity contribution in [3.63, 3.8) is 0 Å². The maximum atomic E-state index is 12.6. The predicted molar refractivity (Wildman–Crippen MR) is 86.8 cm³/mol. The SMILES string of the molecule is O=C(O)C(=O)CCc1ccc2c(c1)SCc1ccccc1C2=O. The molecule has 0 aliphatic carbocycles. The number of benzene rings is 2. The average Bonchev–Trinajstić information content (AvgIpc) is 2.70. The topological polar surface area (TPSA) is 71.4 Å². The van der Waals surface area contributed by atoms with Gasteiger partial charge in [0.1, 0.15) is 0 Å². The molecular formula is C18H14O4S. The average molecular weight is 326 g/mol. The number of rotatable bonds is 4. The highest BCUT2D eigenvalue weighted by Gasteiger charge is 2.21. The van der Waals surface area contributed by atoms with Crippen LogP contribution in [0.4, 0.5) is 0 Å². The molecule has 2 aromatic carbocycles. The molecule has 23 heavy (non-hydrogen) atoms. The number of carboxylic acid groups (broad SMARTS) is 1. The molecule has 0 saturated heterocycles. The highest BCUT2D eigenvalue weighted by molar-refractivity contribution is 7.98. The number of Topliss-reactive ketones (excluding diaryl/α,β-unsaturated/α-hetero) is 1. The molecule has 2 aromatic rings. The zero-order valence-electron chi connectivity index (χ0n) is 12.2. The van der Waals surface area contributed by atoms with E-state index in [9.17, 15) is 14.4 Å². The third-order valence-electron chi connectivity index (χ3n) is 3.82. The van der Waals surface area contributed by atoms with Crippen LogP contribution in [0.25, 0.3) is 0 Å². The fourth-order valence-electron chi connectivity index (χ4n) is 2.56. The van der Waals surface area contributed by atoms with E-state index in [0.717, 1.165) is 21.6 Å². The molecule has 1 heterocycles. The number of carboxylic acids is 1. The predicted octanol–water partition coefficient (Wildman–Crippen LogP) is 3.11. The summed E-state index contributed by atoms with van der Waals surface area (Å²) in [6, 6.07) is 13.0. The molecule has 0 unspecified atom stereocenters.